The van der Waals surface area contributed by atoms with Gasteiger partial charge in [-0.05, 0) is 37.4 Å². The maximum atomic E-state index is 12.5. The van der Waals surface area contributed by atoms with Gasteiger partial charge in [0.15, 0.2) is 5.13 Å². The van der Waals surface area contributed by atoms with Gasteiger partial charge in [-0.25, -0.2) is 9.97 Å². The number of anilines is 1. The Kier molecular flexibility index (Phi) is 5.50. The number of rotatable bonds is 5. The number of fused-ring (bicyclic) bond motifs is 1. The standard InChI is InChI=1S/C20H23N5O2S/c1-14-5-4-8-24(9-14)10-15-12-28-20(22-15)23-18(26)11-25-13-21-17-7-3-2-6-16(17)19(25)27/h2-3,6-7,12-14H,4-5,8-11H2,1H3,(H,22,23,26). The number of nitrogens with zero attached hydrogens (tertiary/aromatic N) is 4. The van der Waals surface area contributed by atoms with Gasteiger partial charge in [-0.3, -0.25) is 19.1 Å². The number of benzene rings is 1. The van der Waals surface area contributed by atoms with E-state index in [4.69, 9.17) is 0 Å². The first-order valence-electron chi connectivity index (χ1n) is 9.49. The molecule has 1 aliphatic rings. The van der Waals surface area contributed by atoms with Crippen molar-refractivity contribution >= 4 is 33.3 Å². The van der Waals surface area contributed by atoms with Crippen LogP contribution in [0.5, 0.6) is 0 Å². The molecule has 3 heterocycles. The van der Waals surface area contributed by atoms with Crippen molar-refractivity contribution < 1.29 is 4.79 Å². The van der Waals surface area contributed by atoms with Crippen LogP contribution in [0.1, 0.15) is 25.5 Å². The summed E-state index contributed by atoms with van der Waals surface area (Å²) in [5.41, 5.74) is 1.37. The van der Waals surface area contributed by atoms with E-state index in [0.717, 1.165) is 31.2 Å². The molecule has 1 aliphatic heterocycles. The lowest BCUT2D eigenvalue weighted by Crippen LogP contribution is -2.33. The summed E-state index contributed by atoms with van der Waals surface area (Å²) < 4.78 is 1.32. The Balaban J connectivity index is 1.39. The molecular formula is C20H23N5O2S. The molecule has 0 bridgehead atoms. The van der Waals surface area contributed by atoms with Gasteiger partial charge < -0.3 is 5.32 Å². The molecule has 0 radical (unpaired) electrons. The first kappa shape index (κ1) is 18.8. The molecule has 1 unspecified atom stereocenters. The highest BCUT2D eigenvalue weighted by atomic mass is 32.1. The summed E-state index contributed by atoms with van der Waals surface area (Å²) in [6.07, 6.45) is 3.93. The zero-order valence-corrected chi connectivity index (χ0v) is 16.6. The Hall–Kier alpha value is -2.58. The number of piperidine rings is 1. The molecule has 8 heteroatoms. The minimum absolute atomic E-state index is 0.0881. The maximum absolute atomic E-state index is 12.5. The molecule has 3 aromatic rings. The van der Waals surface area contributed by atoms with Crippen molar-refractivity contribution in [2.24, 2.45) is 5.92 Å². The molecule has 1 atom stereocenters. The molecule has 28 heavy (non-hydrogen) atoms. The Morgan fingerprint density at radius 3 is 3.07 bits per heavy atom. The summed E-state index contributed by atoms with van der Waals surface area (Å²) in [6.45, 7) is 5.20. The summed E-state index contributed by atoms with van der Waals surface area (Å²) in [6, 6.07) is 7.11. The average molecular weight is 398 g/mol. The molecule has 146 valence electrons. The van der Waals surface area contributed by atoms with Crippen molar-refractivity contribution in [1.82, 2.24) is 19.4 Å². The highest BCUT2D eigenvalue weighted by Crippen LogP contribution is 2.21. The Labute approximate surface area is 167 Å². The summed E-state index contributed by atoms with van der Waals surface area (Å²) in [4.78, 5) is 36.0. The van der Waals surface area contributed by atoms with Crippen molar-refractivity contribution in [3.05, 3.63) is 52.0 Å². The number of carbonyl (C=O) groups is 1. The second kappa shape index (κ2) is 8.20. The van der Waals surface area contributed by atoms with Crippen molar-refractivity contribution in [3.63, 3.8) is 0 Å². The molecule has 7 nitrogen and oxygen atoms in total. The molecule has 4 rings (SSSR count). The largest absolute Gasteiger partial charge is 0.300 e. The normalized spacial score (nSPS) is 17.7. The van der Waals surface area contributed by atoms with Crippen LogP contribution < -0.4 is 10.9 Å². The maximum Gasteiger partial charge on any atom is 0.261 e. The lowest BCUT2D eigenvalue weighted by atomic mass is 10.0. The van der Waals surface area contributed by atoms with Crippen LogP contribution in [0.25, 0.3) is 10.9 Å². The highest BCUT2D eigenvalue weighted by molar-refractivity contribution is 7.13. The lowest BCUT2D eigenvalue weighted by Gasteiger charge is -2.30. The first-order chi connectivity index (χ1) is 13.6. The van der Waals surface area contributed by atoms with Gasteiger partial charge in [0.1, 0.15) is 6.54 Å². The fourth-order valence-corrected chi connectivity index (χ4v) is 4.35. The molecule has 2 aromatic heterocycles. The summed E-state index contributed by atoms with van der Waals surface area (Å²) in [5.74, 6) is 0.437. The zero-order valence-electron chi connectivity index (χ0n) is 15.8. The monoisotopic (exact) mass is 397 g/mol. The summed E-state index contributed by atoms with van der Waals surface area (Å²) in [7, 11) is 0. The zero-order chi connectivity index (χ0) is 19.5. The van der Waals surface area contributed by atoms with E-state index in [2.05, 4.69) is 27.1 Å². The molecule has 1 amide bonds. The van der Waals surface area contributed by atoms with Gasteiger partial charge in [-0.1, -0.05) is 19.1 Å². The number of thiazole rings is 1. The fourth-order valence-electron chi connectivity index (χ4n) is 3.63. The van der Waals surface area contributed by atoms with Crippen LogP contribution in [0, 0.1) is 5.92 Å². The Bertz CT molecular complexity index is 1040. The molecule has 1 saturated heterocycles. The molecule has 0 saturated carbocycles. The number of carbonyl (C=O) groups excluding carboxylic acids is 1. The van der Waals surface area contributed by atoms with Gasteiger partial charge in [0.2, 0.25) is 5.91 Å². The topological polar surface area (TPSA) is 80.1 Å². The predicted octanol–water partition coefficient (Wildman–Crippen LogP) is 2.72. The van der Waals surface area contributed by atoms with Crippen LogP contribution in [0.2, 0.25) is 0 Å². The van der Waals surface area contributed by atoms with Crippen molar-refractivity contribution in [2.75, 3.05) is 18.4 Å². The molecule has 0 spiro atoms. The average Bonchev–Trinajstić information content (AvgIpc) is 3.11. The van der Waals surface area contributed by atoms with Crippen LogP contribution in [0.4, 0.5) is 5.13 Å². The SMILES string of the molecule is CC1CCCN(Cc2csc(NC(=O)Cn3cnc4ccccc4c3=O)n2)C1. The highest BCUT2D eigenvalue weighted by Gasteiger charge is 2.17. The van der Waals surface area contributed by atoms with E-state index in [1.165, 1.54) is 35.1 Å². The van der Waals surface area contributed by atoms with Gasteiger partial charge in [-0.2, -0.15) is 0 Å². The minimum Gasteiger partial charge on any atom is -0.300 e. The number of hydrogen-bond donors (Lipinski definition) is 1. The molecular weight excluding hydrogens is 374 g/mol. The van der Waals surface area contributed by atoms with Crippen LogP contribution >= 0.6 is 11.3 Å². The van der Waals surface area contributed by atoms with E-state index in [-0.39, 0.29) is 18.0 Å². The number of nitrogens with one attached hydrogen (secondary N) is 1. The van der Waals surface area contributed by atoms with Gasteiger partial charge >= 0.3 is 0 Å². The molecule has 1 N–H and O–H groups in total. The third-order valence-corrected chi connectivity index (χ3v) is 5.78. The third kappa shape index (κ3) is 4.28. The van der Waals surface area contributed by atoms with Crippen molar-refractivity contribution in [2.45, 2.75) is 32.9 Å². The van der Waals surface area contributed by atoms with E-state index in [0.29, 0.717) is 16.0 Å². The predicted molar refractivity (Wildman–Crippen MR) is 110 cm³/mol. The summed E-state index contributed by atoms with van der Waals surface area (Å²) in [5, 5.41) is 5.85. The minimum atomic E-state index is -0.285. The first-order valence-corrected chi connectivity index (χ1v) is 10.4. The third-order valence-electron chi connectivity index (χ3n) is 4.97. The van der Waals surface area contributed by atoms with E-state index in [9.17, 15) is 9.59 Å². The number of aromatic nitrogens is 3. The number of hydrogen-bond acceptors (Lipinski definition) is 6. The number of para-hydroxylation sites is 1. The summed E-state index contributed by atoms with van der Waals surface area (Å²) >= 11 is 1.41. The second-order valence-corrected chi connectivity index (χ2v) is 8.23. The van der Waals surface area contributed by atoms with Crippen LogP contribution in [-0.4, -0.2) is 38.4 Å². The Morgan fingerprint density at radius 2 is 2.21 bits per heavy atom. The van der Waals surface area contributed by atoms with E-state index >= 15 is 0 Å². The second-order valence-electron chi connectivity index (χ2n) is 7.37. The quantitative estimate of drug-likeness (QED) is 0.716. The van der Waals surface area contributed by atoms with E-state index in [1.54, 1.807) is 18.2 Å². The molecule has 1 aromatic carbocycles. The smallest absolute Gasteiger partial charge is 0.261 e. The van der Waals surface area contributed by atoms with Crippen LogP contribution in [-0.2, 0) is 17.9 Å². The van der Waals surface area contributed by atoms with Crippen molar-refractivity contribution in [3.8, 4) is 0 Å². The number of likely N-dealkylation sites (tertiary alicyclic amines) is 1. The van der Waals surface area contributed by atoms with E-state index < -0.39 is 0 Å². The molecule has 1 fully saturated rings. The van der Waals surface area contributed by atoms with Gasteiger partial charge in [0.05, 0.1) is 22.9 Å². The lowest BCUT2D eigenvalue weighted by molar-refractivity contribution is -0.116. The fraction of sp³-hybridized carbons (Fsp3) is 0.400. The van der Waals surface area contributed by atoms with E-state index in [1.807, 2.05) is 11.4 Å². The van der Waals surface area contributed by atoms with Crippen LogP contribution in [0.3, 0.4) is 0 Å². The van der Waals surface area contributed by atoms with Crippen LogP contribution in [0.15, 0.2) is 40.8 Å². The van der Waals surface area contributed by atoms with Gasteiger partial charge in [0.25, 0.3) is 5.56 Å². The van der Waals surface area contributed by atoms with Gasteiger partial charge in [0, 0.05) is 18.5 Å². The Morgan fingerprint density at radius 1 is 1.36 bits per heavy atom. The molecule has 0 aliphatic carbocycles. The number of amides is 1. The van der Waals surface area contributed by atoms with Gasteiger partial charge in [-0.15, -0.1) is 11.3 Å². The van der Waals surface area contributed by atoms with Crippen molar-refractivity contribution in [1.29, 1.82) is 0 Å².